The first-order chi connectivity index (χ1) is 8.58. The van der Waals surface area contributed by atoms with E-state index in [1.807, 2.05) is 0 Å². The molecule has 0 aliphatic carbocycles. The van der Waals surface area contributed by atoms with Gasteiger partial charge in [0.25, 0.3) is 5.91 Å². The van der Waals surface area contributed by atoms with Gasteiger partial charge in [0.1, 0.15) is 0 Å². The molecule has 0 saturated carbocycles. The summed E-state index contributed by atoms with van der Waals surface area (Å²) >= 11 is 11.8. The Kier molecular flexibility index (Phi) is 3.64. The fourth-order valence-electron chi connectivity index (χ4n) is 1.32. The van der Waals surface area contributed by atoms with Crippen LogP contribution in [0.3, 0.4) is 0 Å². The first-order valence-electron chi connectivity index (χ1n) is 4.90. The first kappa shape index (κ1) is 12.6. The summed E-state index contributed by atoms with van der Waals surface area (Å²) in [5.74, 6) is -0.133. The maximum absolute atomic E-state index is 12.0. The van der Waals surface area contributed by atoms with Crippen molar-refractivity contribution in [3.05, 3.63) is 46.3 Å². The molecule has 0 bridgehead atoms. The maximum Gasteiger partial charge on any atom is 0.258 e. The van der Waals surface area contributed by atoms with Crippen molar-refractivity contribution >= 4 is 40.6 Å². The van der Waals surface area contributed by atoms with Crippen molar-refractivity contribution in [3.63, 3.8) is 0 Å². The molecule has 2 rings (SSSR count). The SMILES string of the molecule is Nc1cc(Cl)c(Cl)c(C(=O)Nc2cnccn2)c1. The molecule has 1 amide bonds. The lowest BCUT2D eigenvalue weighted by Crippen LogP contribution is -2.14. The molecule has 1 aromatic carbocycles. The average Bonchev–Trinajstić information content (AvgIpc) is 2.35. The van der Waals surface area contributed by atoms with E-state index in [4.69, 9.17) is 28.9 Å². The average molecular weight is 283 g/mol. The lowest BCUT2D eigenvalue weighted by molar-refractivity contribution is 0.102. The molecule has 3 N–H and O–H groups in total. The van der Waals surface area contributed by atoms with Crippen LogP contribution < -0.4 is 11.1 Å². The standard InChI is InChI=1S/C11H8Cl2N4O/c12-8-4-6(14)3-7(10(8)13)11(18)17-9-5-15-1-2-16-9/h1-5H,14H2,(H,16,17,18). The Labute approximate surface area is 113 Å². The predicted octanol–water partition coefficient (Wildman–Crippen LogP) is 2.62. The van der Waals surface area contributed by atoms with Crippen molar-refractivity contribution < 1.29 is 4.79 Å². The predicted molar refractivity (Wildman–Crippen MR) is 70.9 cm³/mol. The Morgan fingerprint density at radius 1 is 1.28 bits per heavy atom. The Balaban J connectivity index is 2.30. The molecule has 5 nitrogen and oxygen atoms in total. The van der Waals surface area contributed by atoms with Crippen molar-refractivity contribution in [1.29, 1.82) is 0 Å². The molecule has 0 spiro atoms. The molecule has 1 heterocycles. The minimum atomic E-state index is -0.449. The van der Waals surface area contributed by atoms with E-state index >= 15 is 0 Å². The highest BCUT2D eigenvalue weighted by Crippen LogP contribution is 2.29. The van der Waals surface area contributed by atoms with Gasteiger partial charge in [0.05, 0.1) is 21.8 Å². The number of carbonyl (C=O) groups is 1. The van der Waals surface area contributed by atoms with E-state index in [2.05, 4.69) is 15.3 Å². The number of nitrogens with one attached hydrogen (secondary N) is 1. The van der Waals surface area contributed by atoms with Gasteiger partial charge in [0.2, 0.25) is 0 Å². The van der Waals surface area contributed by atoms with Crippen LogP contribution in [0.5, 0.6) is 0 Å². The van der Waals surface area contributed by atoms with E-state index < -0.39 is 5.91 Å². The number of nitrogens with zero attached hydrogens (tertiary/aromatic N) is 2. The summed E-state index contributed by atoms with van der Waals surface area (Å²) in [6.07, 6.45) is 4.38. The number of benzene rings is 1. The van der Waals surface area contributed by atoms with E-state index in [1.54, 1.807) is 0 Å². The molecule has 0 aliphatic heterocycles. The van der Waals surface area contributed by atoms with Crippen molar-refractivity contribution in [2.75, 3.05) is 11.1 Å². The fourth-order valence-corrected chi connectivity index (χ4v) is 1.75. The highest BCUT2D eigenvalue weighted by molar-refractivity contribution is 6.44. The number of aromatic nitrogens is 2. The lowest BCUT2D eigenvalue weighted by Gasteiger charge is -2.07. The van der Waals surface area contributed by atoms with Crippen LogP contribution in [0.2, 0.25) is 10.0 Å². The minimum Gasteiger partial charge on any atom is -0.399 e. The highest BCUT2D eigenvalue weighted by Gasteiger charge is 2.14. The van der Waals surface area contributed by atoms with Gasteiger partial charge in [-0.3, -0.25) is 9.78 Å². The van der Waals surface area contributed by atoms with Crippen LogP contribution in [-0.4, -0.2) is 15.9 Å². The van der Waals surface area contributed by atoms with Gasteiger partial charge in [0, 0.05) is 18.1 Å². The smallest absolute Gasteiger partial charge is 0.258 e. The van der Waals surface area contributed by atoms with Gasteiger partial charge in [0.15, 0.2) is 5.82 Å². The number of amides is 1. The fraction of sp³-hybridized carbons (Fsp3) is 0. The van der Waals surface area contributed by atoms with Gasteiger partial charge in [-0.1, -0.05) is 23.2 Å². The van der Waals surface area contributed by atoms with E-state index in [0.29, 0.717) is 11.5 Å². The van der Waals surface area contributed by atoms with E-state index in [9.17, 15) is 4.79 Å². The van der Waals surface area contributed by atoms with Crippen LogP contribution in [0, 0.1) is 0 Å². The molecule has 0 saturated heterocycles. The number of rotatable bonds is 2. The number of hydrogen-bond donors (Lipinski definition) is 2. The van der Waals surface area contributed by atoms with E-state index in [0.717, 1.165) is 0 Å². The molecule has 0 aliphatic rings. The molecular weight excluding hydrogens is 275 g/mol. The van der Waals surface area contributed by atoms with Crippen LogP contribution in [0.1, 0.15) is 10.4 Å². The summed E-state index contributed by atoms with van der Waals surface area (Å²) < 4.78 is 0. The number of hydrogen-bond acceptors (Lipinski definition) is 4. The summed E-state index contributed by atoms with van der Waals surface area (Å²) in [4.78, 5) is 19.7. The molecule has 2 aromatic rings. The third-order valence-electron chi connectivity index (χ3n) is 2.10. The molecule has 0 fully saturated rings. The monoisotopic (exact) mass is 282 g/mol. The van der Waals surface area contributed by atoms with Gasteiger partial charge in [-0.25, -0.2) is 4.98 Å². The summed E-state index contributed by atoms with van der Waals surface area (Å²) in [6.45, 7) is 0. The Morgan fingerprint density at radius 2 is 2.06 bits per heavy atom. The number of carbonyl (C=O) groups excluding carboxylic acids is 1. The van der Waals surface area contributed by atoms with Crippen molar-refractivity contribution in [3.8, 4) is 0 Å². The minimum absolute atomic E-state index is 0.146. The summed E-state index contributed by atoms with van der Waals surface area (Å²) in [5.41, 5.74) is 6.15. The second-order valence-corrected chi connectivity index (χ2v) is 4.19. The molecular formula is C11H8Cl2N4O. The number of halogens is 2. The van der Waals surface area contributed by atoms with Crippen LogP contribution in [0.25, 0.3) is 0 Å². The van der Waals surface area contributed by atoms with Crippen molar-refractivity contribution in [2.24, 2.45) is 0 Å². The van der Waals surface area contributed by atoms with Crippen molar-refractivity contribution in [2.45, 2.75) is 0 Å². The molecule has 0 radical (unpaired) electrons. The zero-order valence-electron chi connectivity index (χ0n) is 9.02. The van der Waals surface area contributed by atoms with Gasteiger partial charge < -0.3 is 11.1 Å². The number of nitrogens with two attached hydrogens (primary N) is 1. The topological polar surface area (TPSA) is 80.9 Å². The molecule has 0 atom stereocenters. The second kappa shape index (κ2) is 5.20. The highest BCUT2D eigenvalue weighted by atomic mass is 35.5. The van der Waals surface area contributed by atoms with Gasteiger partial charge in [-0.15, -0.1) is 0 Å². The quantitative estimate of drug-likeness (QED) is 0.830. The molecule has 1 aromatic heterocycles. The summed E-state index contributed by atoms with van der Waals surface area (Å²) in [5, 5.41) is 2.91. The summed E-state index contributed by atoms with van der Waals surface area (Å²) in [7, 11) is 0. The zero-order chi connectivity index (χ0) is 13.1. The number of anilines is 2. The lowest BCUT2D eigenvalue weighted by atomic mass is 10.2. The molecule has 0 unspecified atom stereocenters. The second-order valence-electron chi connectivity index (χ2n) is 3.41. The van der Waals surface area contributed by atoms with Crippen LogP contribution in [0.15, 0.2) is 30.7 Å². The van der Waals surface area contributed by atoms with E-state index in [1.165, 1.54) is 30.7 Å². The third kappa shape index (κ3) is 2.69. The van der Waals surface area contributed by atoms with Gasteiger partial charge in [-0.2, -0.15) is 0 Å². The summed E-state index contributed by atoms with van der Waals surface area (Å²) in [6, 6.07) is 2.92. The Hall–Kier alpha value is -1.85. The maximum atomic E-state index is 12.0. The zero-order valence-corrected chi connectivity index (χ0v) is 10.5. The molecule has 92 valence electrons. The Morgan fingerprint density at radius 3 is 2.72 bits per heavy atom. The van der Waals surface area contributed by atoms with Crippen LogP contribution in [0.4, 0.5) is 11.5 Å². The normalized spacial score (nSPS) is 10.1. The Bertz CT molecular complexity index is 589. The molecule has 7 heteroatoms. The van der Waals surface area contributed by atoms with Crippen LogP contribution in [-0.2, 0) is 0 Å². The first-order valence-corrected chi connectivity index (χ1v) is 5.65. The van der Waals surface area contributed by atoms with Gasteiger partial charge >= 0.3 is 0 Å². The van der Waals surface area contributed by atoms with Crippen molar-refractivity contribution in [1.82, 2.24) is 9.97 Å². The third-order valence-corrected chi connectivity index (χ3v) is 2.90. The number of nitrogen functional groups attached to an aromatic ring is 1. The van der Waals surface area contributed by atoms with E-state index in [-0.39, 0.29) is 15.6 Å². The van der Waals surface area contributed by atoms with Gasteiger partial charge in [-0.05, 0) is 12.1 Å². The largest absolute Gasteiger partial charge is 0.399 e. The van der Waals surface area contributed by atoms with Crippen LogP contribution >= 0.6 is 23.2 Å². The molecule has 18 heavy (non-hydrogen) atoms.